The smallest absolute Gasteiger partial charge is 0.258 e. The highest BCUT2D eigenvalue weighted by molar-refractivity contribution is 7.13. The fourth-order valence-electron chi connectivity index (χ4n) is 3.79. The molecule has 3 aromatic rings. The zero-order valence-corrected chi connectivity index (χ0v) is 17.9. The molecule has 2 aliphatic heterocycles. The van der Waals surface area contributed by atoms with Crippen LogP contribution in [-0.4, -0.2) is 63.7 Å². The van der Waals surface area contributed by atoms with Gasteiger partial charge in [0.1, 0.15) is 10.7 Å². The van der Waals surface area contributed by atoms with Crippen LogP contribution in [-0.2, 0) is 15.1 Å². The fourth-order valence-corrected chi connectivity index (χ4v) is 4.60. The van der Waals surface area contributed by atoms with Gasteiger partial charge in [0.15, 0.2) is 5.60 Å². The minimum atomic E-state index is -1.47. The number of ether oxygens (including phenoxy) is 1. The molecule has 8 nitrogen and oxygen atoms in total. The van der Waals surface area contributed by atoms with Gasteiger partial charge in [-0.2, -0.15) is 0 Å². The predicted molar refractivity (Wildman–Crippen MR) is 118 cm³/mol. The molecule has 2 aromatic heterocycles. The molecule has 5 rings (SSSR count). The molecule has 2 atom stereocenters. The molecule has 0 aliphatic carbocycles. The van der Waals surface area contributed by atoms with Crippen molar-refractivity contribution in [2.75, 3.05) is 32.1 Å². The minimum absolute atomic E-state index is 0.228. The van der Waals surface area contributed by atoms with Crippen LogP contribution in [0.2, 0.25) is 0 Å². The van der Waals surface area contributed by atoms with Gasteiger partial charge in [0.2, 0.25) is 5.95 Å². The van der Waals surface area contributed by atoms with Gasteiger partial charge >= 0.3 is 0 Å². The highest BCUT2D eigenvalue weighted by atomic mass is 32.1. The maximum Gasteiger partial charge on any atom is 0.258 e. The summed E-state index contributed by atoms with van der Waals surface area (Å²) in [6, 6.07) is 9.26. The maximum atomic E-state index is 12.4. The summed E-state index contributed by atoms with van der Waals surface area (Å²) >= 11 is 1.50. The number of nitrogens with zero attached hydrogens (tertiary/aromatic N) is 4. The molecule has 2 N–H and O–H groups in total. The van der Waals surface area contributed by atoms with Crippen molar-refractivity contribution in [2.45, 2.75) is 24.5 Å². The Kier molecular flexibility index (Phi) is 5.17. The second-order valence-corrected chi connectivity index (χ2v) is 8.74. The Bertz CT molecular complexity index is 1120. The molecular formula is C22H23N5O3S. The van der Waals surface area contributed by atoms with E-state index in [1.165, 1.54) is 11.3 Å². The number of hydrogen-bond acceptors (Lipinski definition) is 8. The monoisotopic (exact) mass is 437 g/mol. The van der Waals surface area contributed by atoms with Gasteiger partial charge in [0.05, 0.1) is 11.8 Å². The van der Waals surface area contributed by atoms with E-state index in [-0.39, 0.29) is 12.0 Å². The summed E-state index contributed by atoms with van der Waals surface area (Å²) in [5.41, 5.74) is 1.48. The van der Waals surface area contributed by atoms with Gasteiger partial charge in [-0.25, -0.2) is 15.0 Å². The normalized spacial score (nSPS) is 23.1. The number of aliphatic hydroxyl groups is 1. The molecule has 0 saturated carbocycles. The van der Waals surface area contributed by atoms with E-state index in [0.29, 0.717) is 31.0 Å². The van der Waals surface area contributed by atoms with E-state index in [9.17, 15) is 9.90 Å². The summed E-state index contributed by atoms with van der Waals surface area (Å²) in [5, 5.41) is 16.9. The van der Waals surface area contributed by atoms with Crippen LogP contribution in [0.4, 0.5) is 5.95 Å². The third-order valence-electron chi connectivity index (χ3n) is 5.80. The highest BCUT2D eigenvalue weighted by Gasteiger charge is 2.45. The summed E-state index contributed by atoms with van der Waals surface area (Å²) < 4.78 is 5.42. The lowest BCUT2D eigenvalue weighted by molar-refractivity contribution is -0.143. The first-order chi connectivity index (χ1) is 15.0. The van der Waals surface area contributed by atoms with Crippen molar-refractivity contribution in [3.05, 3.63) is 47.5 Å². The molecule has 9 heteroatoms. The van der Waals surface area contributed by atoms with Crippen LogP contribution < -0.4 is 5.32 Å². The zero-order valence-electron chi connectivity index (χ0n) is 17.1. The average Bonchev–Trinajstić information content (AvgIpc) is 3.35. The Morgan fingerprint density at radius 3 is 2.94 bits per heavy atom. The summed E-state index contributed by atoms with van der Waals surface area (Å²) in [5.74, 6) is 0.286. The van der Waals surface area contributed by atoms with Gasteiger partial charge in [0, 0.05) is 50.3 Å². The van der Waals surface area contributed by atoms with Crippen molar-refractivity contribution in [1.82, 2.24) is 19.9 Å². The van der Waals surface area contributed by atoms with Gasteiger partial charge < -0.3 is 20.1 Å². The topological polar surface area (TPSA) is 100 Å². The number of carbonyl (C=O) groups is 1. The van der Waals surface area contributed by atoms with E-state index in [2.05, 4.69) is 15.3 Å². The predicted octanol–water partition coefficient (Wildman–Crippen LogP) is 2.52. The fraction of sp³-hybridized carbons (Fsp3) is 0.364. The second-order valence-electron chi connectivity index (χ2n) is 7.88. The molecule has 1 aromatic carbocycles. The molecule has 160 valence electrons. The zero-order chi connectivity index (χ0) is 21.4. The van der Waals surface area contributed by atoms with E-state index >= 15 is 0 Å². The van der Waals surface area contributed by atoms with E-state index in [4.69, 9.17) is 9.72 Å². The largest absolute Gasteiger partial charge is 0.376 e. The van der Waals surface area contributed by atoms with E-state index in [1.54, 1.807) is 24.2 Å². The van der Waals surface area contributed by atoms with Crippen molar-refractivity contribution in [1.29, 1.82) is 0 Å². The van der Waals surface area contributed by atoms with E-state index < -0.39 is 5.60 Å². The highest BCUT2D eigenvalue weighted by Crippen LogP contribution is 2.36. The Balaban J connectivity index is 1.37. The van der Waals surface area contributed by atoms with Gasteiger partial charge in [-0.3, -0.25) is 4.79 Å². The number of amides is 1. The second kappa shape index (κ2) is 7.99. The first kappa shape index (κ1) is 20.0. The number of aromatic nitrogens is 3. The lowest BCUT2D eigenvalue weighted by Gasteiger charge is -2.26. The lowest BCUT2D eigenvalue weighted by Crippen LogP contribution is -2.36. The molecule has 31 heavy (non-hydrogen) atoms. The molecule has 2 saturated heterocycles. The standard InChI is InChI=1S/C22H23N5O3S/c1-27-9-7-22(29,20(27)28)15-4-2-3-14(11-15)19-25-18(13-31-19)17-5-8-23-21(26-17)24-12-16-6-10-30-16/h2-5,8,11,13,16,29H,6-7,9-10,12H2,1H3,(H,23,24,26). The van der Waals surface area contributed by atoms with Crippen molar-refractivity contribution < 1.29 is 14.6 Å². The Morgan fingerprint density at radius 1 is 1.32 bits per heavy atom. The molecule has 2 fully saturated rings. The molecule has 2 unspecified atom stereocenters. The molecule has 4 heterocycles. The quantitative estimate of drug-likeness (QED) is 0.611. The number of anilines is 1. The van der Waals surface area contributed by atoms with Crippen molar-refractivity contribution in [2.24, 2.45) is 0 Å². The number of nitrogens with one attached hydrogen (secondary N) is 1. The first-order valence-electron chi connectivity index (χ1n) is 10.3. The van der Waals surface area contributed by atoms with Crippen molar-refractivity contribution in [3.63, 3.8) is 0 Å². The first-order valence-corrected chi connectivity index (χ1v) is 11.1. The summed E-state index contributed by atoms with van der Waals surface area (Å²) in [7, 11) is 1.71. The van der Waals surface area contributed by atoms with E-state index in [1.807, 2.05) is 29.6 Å². The van der Waals surface area contributed by atoms with Crippen molar-refractivity contribution >= 4 is 23.2 Å². The SMILES string of the molecule is CN1CCC(O)(c2cccc(-c3nc(-c4ccnc(NCC5CCO5)n4)cs3)c2)C1=O. The number of likely N-dealkylation sites (N-methyl/N-ethyl adjacent to an activating group) is 1. The van der Waals surface area contributed by atoms with Gasteiger partial charge in [0.25, 0.3) is 5.91 Å². The van der Waals surface area contributed by atoms with E-state index in [0.717, 1.165) is 35.0 Å². The summed E-state index contributed by atoms with van der Waals surface area (Å²) in [6.07, 6.45) is 3.38. The van der Waals surface area contributed by atoms with Crippen LogP contribution in [0.15, 0.2) is 41.9 Å². The number of likely N-dealkylation sites (tertiary alicyclic amines) is 1. The third kappa shape index (κ3) is 3.80. The molecule has 2 aliphatic rings. The van der Waals surface area contributed by atoms with Crippen LogP contribution in [0.1, 0.15) is 18.4 Å². The lowest BCUT2D eigenvalue weighted by atomic mass is 9.91. The Labute approximate surface area is 183 Å². The average molecular weight is 438 g/mol. The van der Waals surface area contributed by atoms with Gasteiger partial charge in [-0.05, 0) is 24.1 Å². The summed E-state index contributed by atoms with van der Waals surface area (Å²) in [4.78, 5) is 27.6. The Morgan fingerprint density at radius 2 is 2.19 bits per heavy atom. The maximum absolute atomic E-state index is 12.4. The third-order valence-corrected chi connectivity index (χ3v) is 6.69. The molecule has 0 spiro atoms. The molecule has 1 amide bonds. The van der Waals surface area contributed by atoms with Crippen LogP contribution >= 0.6 is 11.3 Å². The summed E-state index contributed by atoms with van der Waals surface area (Å²) in [6.45, 7) is 2.05. The van der Waals surface area contributed by atoms with Gasteiger partial charge in [-0.1, -0.05) is 18.2 Å². The van der Waals surface area contributed by atoms with Crippen LogP contribution in [0.3, 0.4) is 0 Å². The number of rotatable bonds is 6. The minimum Gasteiger partial charge on any atom is -0.376 e. The number of carbonyl (C=O) groups excluding carboxylic acids is 1. The Hall–Kier alpha value is -2.88. The number of hydrogen-bond donors (Lipinski definition) is 2. The number of thiazole rings is 1. The van der Waals surface area contributed by atoms with Crippen LogP contribution in [0.25, 0.3) is 22.0 Å². The van der Waals surface area contributed by atoms with Gasteiger partial charge in [-0.15, -0.1) is 11.3 Å². The number of benzene rings is 1. The molecular weight excluding hydrogens is 414 g/mol. The molecule has 0 radical (unpaired) electrons. The van der Waals surface area contributed by atoms with Crippen LogP contribution in [0.5, 0.6) is 0 Å². The molecule has 0 bridgehead atoms. The van der Waals surface area contributed by atoms with Crippen LogP contribution in [0, 0.1) is 0 Å². The van der Waals surface area contributed by atoms with Crippen molar-refractivity contribution in [3.8, 4) is 22.0 Å².